The monoisotopic (exact) mass is 411 g/mol. The zero-order valence-corrected chi connectivity index (χ0v) is 16.4. The van der Waals surface area contributed by atoms with Crippen LogP contribution in [0.4, 0.5) is 20.2 Å². The van der Waals surface area contributed by atoms with Crippen LogP contribution in [0, 0.1) is 0 Å². The topological polar surface area (TPSA) is 58.8 Å². The molecule has 2 aromatic carbocycles. The molecule has 1 aliphatic rings. The van der Waals surface area contributed by atoms with Gasteiger partial charge in [0.05, 0.1) is 6.54 Å². The highest BCUT2D eigenvalue weighted by molar-refractivity contribution is 5.85. The van der Waals surface area contributed by atoms with E-state index in [1.165, 1.54) is 12.1 Å². The lowest BCUT2D eigenvalue weighted by Gasteiger charge is -2.32. The van der Waals surface area contributed by atoms with E-state index in [0.717, 1.165) is 41.9 Å². The molecule has 2 N–H and O–H groups in total. The van der Waals surface area contributed by atoms with E-state index in [1.54, 1.807) is 24.1 Å². The van der Waals surface area contributed by atoms with Gasteiger partial charge in [0.2, 0.25) is 5.91 Å². The molecule has 2 aromatic rings. The first-order chi connectivity index (χ1) is 12.9. The molecule has 0 atom stereocenters. The van der Waals surface area contributed by atoms with Crippen LogP contribution in [0.2, 0.25) is 0 Å². The largest absolute Gasteiger partial charge is 0.435 e. The summed E-state index contributed by atoms with van der Waals surface area (Å²) in [7, 11) is 1.73. The Morgan fingerprint density at radius 1 is 1.25 bits per heavy atom. The minimum absolute atomic E-state index is 0. The molecule has 0 saturated carbocycles. The number of hydrogen-bond acceptors (Lipinski definition) is 4. The van der Waals surface area contributed by atoms with Crippen molar-refractivity contribution in [3.05, 3.63) is 53.6 Å². The van der Waals surface area contributed by atoms with Gasteiger partial charge in [0.1, 0.15) is 5.75 Å². The summed E-state index contributed by atoms with van der Waals surface area (Å²) in [4.78, 5) is 16.3. The number of benzene rings is 2. The van der Waals surface area contributed by atoms with E-state index in [2.05, 4.69) is 9.64 Å². The Labute approximate surface area is 169 Å². The lowest BCUT2D eigenvalue weighted by atomic mass is 10.00. The first-order valence-electron chi connectivity index (χ1n) is 8.84. The van der Waals surface area contributed by atoms with E-state index in [4.69, 9.17) is 5.73 Å². The second-order valence-electron chi connectivity index (χ2n) is 6.64. The minimum Gasteiger partial charge on any atom is -0.435 e. The van der Waals surface area contributed by atoms with Crippen molar-refractivity contribution < 1.29 is 18.3 Å². The average molecular weight is 412 g/mol. The zero-order chi connectivity index (χ0) is 19.4. The molecule has 1 heterocycles. The maximum atomic E-state index is 12.7. The van der Waals surface area contributed by atoms with Gasteiger partial charge in [-0.05, 0) is 48.2 Å². The molecular formula is C20H24ClF2N3O2. The van der Waals surface area contributed by atoms with Crippen LogP contribution < -0.4 is 15.4 Å². The number of amides is 1. The summed E-state index contributed by atoms with van der Waals surface area (Å²) in [6.45, 7) is -1.36. The van der Waals surface area contributed by atoms with Crippen molar-refractivity contribution >= 4 is 29.7 Å². The Kier molecular flexibility index (Phi) is 7.45. The van der Waals surface area contributed by atoms with E-state index in [0.29, 0.717) is 6.54 Å². The highest BCUT2D eigenvalue weighted by atomic mass is 35.5. The molecule has 28 heavy (non-hydrogen) atoms. The molecule has 0 unspecified atom stereocenters. The first-order valence-corrected chi connectivity index (χ1v) is 8.84. The Morgan fingerprint density at radius 2 is 1.96 bits per heavy atom. The number of ether oxygens (including phenoxy) is 1. The van der Waals surface area contributed by atoms with Gasteiger partial charge in [-0.3, -0.25) is 4.79 Å². The second-order valence-corrected chi connectivity index (χ2v) is 6.64. The molecule has 5 nitrogen and oxygen atoms in total. The molecule has 8 heteroatoms. The van der Waals surface area contributed by atoms with Crippen molar-refractivity contribution in [2.24, 2.45) is 0 Å². The molecule has 0 saturated heterocycles. The summed E-state index contributed by atoms with van der Waals surface area (Å²) in [5.41, 5.74) is 9.80. The van der Waals surface area contributed by atoms with Crippen LogP contribution in [0.5, 0.6) is 5.75 Å². The maximum Gasteiger partial charge on any atom is 0.387 e. The van der Waals surface area contributed by atoms with Crippen molar-refractivity contribution in [3.63, 3.8) is 0 Å². The first kappa shape index (κ1) is 21.8. The Bertz CT molecular complexity index is 803. The summed E-state index contributed by atoms with van der Waals surface area (Å²) >= 11 is 0. The Balaban J connectivity index is 0.00000280. The van der Waals surface area contributed by atoms with Crippen molar-refractivity contribution in [2.45, 2.75) is 26.0 Å². The van der Waals surface area contributed by atoms with Crippen LogP contribution in [-0.2, 0) is 17.8 Å². The predicted octanol–water partition coefficient (Wildman–Crippen LogP) is 3.70. The summed E-state index contributed by atoms with van der Waals surface area (Å²) in [6.07, 6.45) is 1.89. The quantitative estimate of drug-likeness (QED) is 0.736. The lowest BCUT2D eigenvalue weighted by molar-refractivity contribution is -0.129. The molecule has 0 fully saturated rings. The fraction of sp³-hybridized carbons (Fsp3) is 0.350. The molecule has 1 aliphatic heterocycles. The predicted molar refractivity (Wildman–Crippen MR) is 108 cm³/mol. The normalized spacial score (nSPS) is 12.9. The third-order valence-corrected chi connectivity index (χ3v) is 4.70. The summed E-state index contributed by atoms with van der Waals surface area (Å²) in [5.74, 6) is 0.0865. The molecule has 3 rings (SSSR count). The van der Waals surface area contributed by atoms with Crippen LogP contribution >= 0.6 is 12.4 Å². The molecule has 1 amide bonds. The number of rotatable bonds is 6. The molecule has 0 aromatic heterocycles. The second kappa shape index (κ2) is 9.59. The number of nitrogen functional groups attached to an aromatic ring is 1. The van der Waals surface area contributed by atoms with E-state index in [9.17, 15) is 13.6 Å². The van der Waals surface area contributed by atoms with Gasteiger partial charge in [0, 0.05) is 31.5 Å². The van der Waals surface area contributed by atoms with Gasteiger partial charge in [-0.15, -0.1) is 12.4 Å². The van der Waals surface area contributed by atoms with Crippen LogP contribution in [0.25, 0.3) is 0 Å². The van der Waals surface area contributed by atoms with Gasteiger partial charge in [-0.25, -0.2) is 0 Å². The standard InChI is InChI=1S/C20H23F2N3O2.ClH/c1-24(12-14-7-9-15(10-8-14)27-20(21)22)19(26)13-25-11-3-4-16-17(23)5-2-6-18(16)25;/h2,5-10,20H,3-4,11-13,23H2,1H3;1H. The zero-order valence-electron chi connectivity index (χ0n) is 15.6. The van der Waals surface area contributed by atoms with E-state index >= 15 is 0 Å². The third-order valence-electron chi connectivity index (χ3n) is 4.70. The van der Waals surface area contributed by atoms with Gasteiger partial charge < -0.3 is 20.3 Å². The van der Waals surface area contributed by atoms with E-state index < -0.39 is 6.61 Å². The van der Waals surface area contributed by atoms with E-state index in [-0.39, 0.29) is 30.6 Å². The van der Waals surface area contributed by atoms with Gasteiger partial charge in [-0.2, -0.15) is 8.78 Å². The van der Waals surface area contributed by atoms with Crippen molar-refractivity contribution in [2.75, 3.05) is 30.8 Å². The average Bonchev–Trinajstić information content (AvgIpc) is 2.64. The van der Waals surface area contributed by atoms with E-state index in [1.807, 2.05) is 18.2 Å². The van der Waals surface area contributed by atoms with Crippen LogP contribution in [0.1, 0.15) is 17.5 Å². The highest BCUT2D eigenvalue weighted by Gasteiger charge is 2.22. The smallest absolute Gasteiger partial charge is 0.387 e. The summed E-state index contributed by atoms with van der Waals surface area (Å²) in [5, 5.41) is 0. The molecule has 0 aliphatic carbocycles. The van der Waals surface area contributed by atoms with Crippen molar-refractivity contribution in [1.29, 1.82) is 0 Å². The lowest BCUT2D eigenvalue weighted by Crippen LogP contribution is -2.40. The van der Waals surface area contributed by atoms with Gasteiger partial charge >= 0.3 is 6.61 Å². The van der Waals surface area contributed by atoms with Gasteiger partial charge in [-0.1, -0.05) is 18.2 Å². The fourth-order valence-corrected chi connectivity index (χ4v) is 3.31. The summed E-state index contributed by atoms with van der Waals surface area (Å²) < 4.78 is 28.7. The summed E-state index contributed by atoms with van der Waals surface area (Å²) in [6, 6.07) is 12.1. The molecule has 0 radical (unpaired) electrons. The SMILES string of the molecule is CN(Cc1ccc(OC(F)F)cc1)C(=O)CN1CCCc2c(N)cccc21.Cl. The number of anilines is 2. The van der Waals surface area contributed by atoms with Crippen molar-refractivity contribution in [3.8, 4) is 5.75 Å². The third kappa shape index (κ3) is 5.25. The van der Waals surface area contributed by atoms with Gasteiger partial charge in [0.25, 0.3) is 0 Å². The number of fused-ring (bicyclic) bond motifs is 1. The highest BCUT2D eigenvalue weighted by Crippen LogP contribution is 2.31. The Hall–Kier alpha value is -2.54. The number of halogens is 3. The number of carbonyl (C=O) groups is 1. The number of carbonyl (C=O) groups excluding carboxylic acids is 1. The van der Waals surface area contributed by atoms with Crippen LogP contribution in [0.3, 0.4) is 0 Å². The molecule has 0 spiro atoms. The number of likely N-dealkylation sites (N-methyl/N-ethyl adjacent to an activating group) is 1. The fourth-order valence-electron chi connectivity index (χ4n) is 3.31. The molecule has 0 bridgehead atoms. The van der Waals surface area contributed by atoms with Crippen LogP contribution in [0.15, 0.2) is 42.5 Å². The van der Waals surface area contributed by atoms with Gasteiger partial charge in [0.15, 0.2) is 0 Å². The molecular weight excluding hydrogens is 388 g/mol. The maximum absolute atomic E-state index is 12.7. The number of nitrogens with zero attached hydrogens (tertiary/aromatic N) is 2. The van der Waals surface area contributed by atoms with Crippen LogP contribution in [-0.4, -0.2) is 37.6 Å². The number of hydrogen-bond donors (Lipinski definition) is 1. The Morgan fingerprint density at radius 3 is 2.64 bits per heavy atom. The minimum atomic E-state index is -2.85. The van der Waals surface area contributed by atoms with Crippen molar-refractivity contribution in [1.82, 2.24) is 4.90 Å². The number of alkyl halides is 2. The number of nitrogens with two attached hydrogens (primary N) is 1. The molecule has 152 valence electrons.